The van der Waals surface area contributed by atoms with Gasteiger partial charge in [-0.3, -0.25) is 9.79 Å². The second-order valence-corrected chi connectivity index (χ2v) is 5.99. The number of hydrogen-bond acceptors (Lipinski definition) is 3. The Labute approximate surface area is 132 Å². The van der Waals surface area contributed by atoms with Crippen molar-refractivity contribution in [2.75, 3.05) is 25.5 Å². The van der Waals surface area contributed by atoms with Gasteiger partial charge in [-0.1, -0.05) is 39.0 Å². The molecule has 1 aromatic rings. The van der Waals surface area contributed by atoms with Crippen LogP contribution < -0.4 is 16.4 Å². The van der Waals surface area contributed by atoms with Crippen molar-refractivity contribution in [2.24, 2.45) is 16.1 Å². The third-order valence-corrected chi connectivity index (χ3v) is 2.94. The van der Waals surface area contributed by atoms with Gasteiger partial charge in [-0.2, -0.15) is 0 Å². The van der Waals surface area contributed by atoms with E-state index in [1.54, 1.807) is 7.11 Å². The van der Waals surface area contributed by atoms with Gasteiger partial charge in [-0.15, -0.1) is 0 Å². The summed E-state index contributed by atoms with van der Waals surface area (Å²) in [6.45, 7) is 6.99. The molecule has 0 radical (unpaired) electrons. The van der Waals surface area contributed by atoms with Crippen LogP contribution in [0.4, 0.5) is 5.69 Å². The van der Waals surface area contributed by atoms with Crippen molar-refractivity contribution >= 4 is 17.6 Å². The number of para-hydroxylation sites is 1. The molecule has 0 aliphatic rings. The number of ether oxygens (including phenoxy) is 1. The van der Waals surface area contributed by atoms with Gasteiger partial charge in [-0.25, -0.2) is 0 Å². The Morgan fingerprint density at radius 3 is 2.64 bits per heavy atom. The maximum Gasteiger partial charge on any atom is 0.225 e. The predicted octanol–water partition coefficient (Wildman–Crippen LogP) is 1.72. The molecule has 22 heavy (non-hydrogen) atoms. The minimum Gasteiger partial charge on any atom is -0.380 e. The smallest absolute Gasteiger partial charge is 0.225 e. The van der Waals surface area contributed by atoms with E-state index in [4.69, 9.17) is 10.5 Å². The van der Waals surface area contributed by atoms with Crippen LogP contribution in [0.3, 0.4) is 0 Å². The Kier molecular flexibility index (Phi) is 6.85. The van der Waals surface area contributed by atoms with Gasteiger partial charge in [0.2, 0.25) is 5.91 Å². The monoisotopic (exact) mass is 306 g/mol. The molecule has 0 saturated heterocycles. The third kappa shape index (κ3) is 6.13. The number of aliphatic imine (C=N–C) groups is 1. The highest BCUT2D eigenvalue weighted by Gasteiger charge is 2.20. The quantitative estimate of drug-likeness (QED) is 0.424. The standard InChI is InChI=1S/C16H26N4O2/c1-16(2,3)14(21)18-9-10-19-15(17)20-13-8-6-5-7-12(13)11-22-4/h5-8H,9-11H2,1-4H3,(H,18,21)(H3,17,19,20). The van der Waals surface area contributed by atoms with Crippen LogP contribution in [-0.4, -0.2) is 32.1 Å². The number of nitrogens with zero attached hydrogens (tertiary/aromatic N) is 1. The molecule has 6 heteroatoms. The first-order valence-electron chi connectivity index (χ1n) is 7.26. The fraction of sp³-hybridized carbons (Fsp3) is 0.500. The van der Waals surface area contributed by atoms with Gasteiger partial charge in [0.1, 0.15) is 0 Å². The molecule has 0 unspecified atom stereocenters. The highest BCUT2D eigenvalue weighted by molar-refractivity contribution is 5.93. The number of amides is 1. The van der Waals surface area contributed by atoms with E-state index >= 15 is 0 Å². The maximum absolute atomic E-state index is 11.7. The van der Waals surface area contributed by atoms with Crippen LogP contribution in [-0.2, 0) is 16.1 Å². The molecule has 0 spiro atoms. The van der Waals surface area contributed by atoms with Crippen LogP contribution in [0.15, 0.2) is 29.3 Å². The largest absolute Gasteiger partial charge is 0.380 e. The molecule has 0 aromatic heterocycles. The molecule has 0 fully saturated rings. The Morgan fingerprint density at radius 1 is 1.32 bits per heavy atom. The zero-order chi connectivity index (χ0) is 16.6. The maximum atomic E-state index is 11.7. The Balaban J connectivity index is 2.48. The highest BCUT2D eigenvalue weighted by atomic mass is 16.5. The molecule has 0 saturated carbocycles. The first-order chi connectivity index (χ1) is 10.3. The van der Waals surface area contributed by atoms with Gasteiger partial charge in [0, 0.05) is 30.3 Å². The molecule has 122 valence electrons. The molecule has 1 amide bonds. The molecule has 1 rings (SSSR count). The second-order valence-electron chi connectivity index (χ2n) is 5.99. The molecule has 0 aliphatic heterocycles. The summed E-state index contributed by atoms with van der Waals surface area (Å²) in [5.41, 5.74) is 7.33. The summed E-state index contributed by atoms with van der Waals surface area (Å²) < 4.78 is 5.14. The number of hydrogen-bond donors (Lipinski definition) is 3. The molecule has 0 heterocycles. The lowest BCUT2D eigenvalue weighted by Gasteiger charge is -2.17. The lowest BCUT2D eigenvalue weighted by molar-refractivity contribution is -0.128. The minimum absolute atomic E-state index is 0.000305. The van der Waals surface area contributed by atoms with Crippen LogP contribution in [0, 0.1) is 5.41 Å². The molecule has 0 aliphatic carbocycles. The normalized spacial score (nSPS) is 12.1. The number of nitrogens with two attached hydrogens (primary N) is 1. The van der Waals surface area contributed by atoms with Crippen molar-refractivity contribution in [1.82, 2.24) is 5.32 Å². The first kappa shape index (κ1) is 18.0. The Hall–Kier alpha value is -2.08. The Bertz CT molecular complexity index is 521. The van der Waals surface area contributed by atoms with E-state index in [9.17, 15) is 4.79 Å². The summed E-state index contributed by atoms with van der Waals surface area (Å²) in [6, 6.07) is 7.73. The van der Waals surface area contributed by atoms with E-state index in [0.29, 0.717) is 25.7 Å². The molecule has 6 nitrogen and oxygen atoms in total. The predicted molar refractivity (Wildman–Crippen MR) is 89.7 cm³/mol. The number of carbonyl (C=O) groups is 1. The number of methoxy groups -OCH3 is 1. The molecule has 1 aromatic carbocycles. The van der Waals surface area contributed by atoms with Gasteiger partial charge < -0.3 is 21.1 Å². The molecule has 4 N–H and O–H groups in total. The number of guanidine groups is 1. The van der Waals surface area contributed by atoms with E-state index in [0.717, 1.165) is 11.3 Å². The lowest BCUT2D eigenvalue weighted by atomic mass is 9.96. The molecule has 0 atom stereocenters. The third-order valence-electron chi connectivity index (χ3n) is 2.94. The second kappa shape index (κ2) is 8.38. The Morgan fingerprint density at radius 2 is 2.00 bits per heavy atom. The van der Waals surface area contributed by atoms with Crippen LogP contribution in [0.25, 0.3) is 0 Å². The van der Waals surface area contributed by atoms with Crippen LogP contribution in [0.2, 0.25) is 0 Å². The lowest BCUT2D eigenvalue weighted by Crippen LogP contribution is -2.36. The average Bonchev–Trinajstić information content (AvgIpc) is 2.44. The van der Waals surface area contributed by atoms with Crippen LogP contribution >= 0.6 is 0 Å². The summed E-state index contributed by atoms with van der Waals surface area (Å²) in [7, 11) is 1.64. The number of nitrogens with one attached hydrogen (secondary N) is 2. The van der Waals surface area contributed by atoms with E-state index in [2.05, 4.69) is 15.6 Å². The summed E-state index contributed by atoms with van der Waals surface area (Å²) in [5, 5.41) is 5.87. The molecular weight excluding hydrogens is 280 g/mol. The highest BCUT2D eigenvalue weighted by Crippen LogP contribution is 2.15. The zero-order valence-electron chi connectivity index (χ0n) is 13.8. The summed E-state index contributed by atoms with van der Waals surface area (Å²) >= 11 is 0. The average molecular weight is 306 g/mol. The molecular formula is C16H26N4O2. The summed E-state index contributed by atoms with van der Waals surface area (Å²) in [5.74, 6) is 0.313. The van der Waals surface area contributed by atoms with Gasteiger partial charge in [0.15, 0.2) is 5.96 Å². The summed E-state index contributed by atoms with van der Waals surface area (Å²) in [6.07, 6.45) is 0. The van der Waals surface area contributed by atoms with Gasteiger partial charge >= 0.3 is 0 Å². The van der Waals surface area contributed by atoms with Crippen molar-refractivity contribution in [1.29, 1.82) is 0 Å². The number of benzene rings is 1. The van der Waals surface area contributed by atoms with Gasteiger partial charge in [0.25, 0.3) is 0 Å². The van der Waals surface area contributed by atoms with E-state index in [1.807, 2.05) is 45.0 Å². The summed E-state index contributed by atoms with van der Waals surface area (Å²) in [4.78, 5) is 15.9. The molecule has 0 bridgehead atoms. The topological polar surface area (TPSA) is 88.7 Å². The van der Waals surface area contributed by atoms with E-state index in [1.165, 1.54) is 0 Å². The van der Waals surface area contributed by atoms with Crippen LogP contribution in [0.5, 0.6) is 0 Å². The SMILES string of the molecule is COCc1ccccc1NC(N)=NCCNC(=O)C(C)(C)C. The van der Waals surface area contributed by atoms with E-state index < -0.39 is 5.41 Å². The fourth-order valence-electron chi connectivity index (χ4n) is 1.71. The number of rotatable bonds is 6. The van der Waals surface area contributed by atoms with Crippen molar-refractivity contribution in [2.45, 2.75) is 27.4 Å². The van der Waals surface area contributed by atoms with Crippen molar-refractivity contribution in [3.05, 3.63) is 29.8 Å². The van der Waals surface area contributed by atoms with E-state index in [-0.39, 0.29) is 5.91 Å². The minimum atomic E-state index is -0.396. The zero-order valence-corrected chi connectivity index (χ0v) is 13.8. The van der Waals surface area contributed by atoms with Crippen molar-refractivity contribution in [3.63, 3.8) is 0 Å². The number of carbonyl (C=O) groups excluding carboxylic acids is 1. The van der Waals surface area contributed by atoms with Crippen molar-refractivity contribution in [3.8, 4) is 0 Å². The van der Waals surface area contributed by atoms with Crippen molar-refractivity contribution < 1.29 is 9.53 Å². The number of anilines is 1. The first-order valence-corrected chi connectivity index (χ1v) is 7.26. The van der Waals surface area contributed by atoms with Crippen LogP contribution in [0.1, 0.15) is 26.3 Å². The van der Waals surface area contributed by atoms with Gasteiger partial charge in [-0.05, 0) is 6.07 Å². The fourth-order valence-corrected chi connectivity index (χ4v) is 1.71. The van der Waals surface area contributed by atoms with Gasteiger partial charge in [0.05, 0.1) is 13.2 Å².